The molecule has 0 aromatic heterocycles. The Morgan fingerprint density at radius 2 is 1.32 bits per heavy atom. The number of carbonyl (C=O) groups excluding carboxylic acids is 1. The van der Waals surface area contributed by atoms with Crippen molar-refractivity contribution >= 4 is 11.9 Å². The summed E-state index contributed by atoms with van der Waals surface area (Å²) in [6.07, 6.45) is 22.0. The van der Waals surface area contributed by atoms with Crippen LogP contribution in [-0.2, 0) is 14.3 Å². The smallest absolute Gasteiger partial charge is 0.309 e. The second-order valence-corrected chi connectivity index (χ2v) is 7.84. The average Bonchev–Trinajstić information content (AvgIpc) is 2.67. The van der Waals surface area contributed by atoms with E-state index in [1.54, 1.807) is 0 Å². The third-order valence-corrected chi connectivity index (χ3v) is 5.02. The minimum atomic E-state index is -0.935. The standard InChI is InChI=1S/C24H44O4/c1-3-5-6-7-8-9-10-11-12-13-14-15-16-17-18-19-22(21-23(25)26)24(27)28-20-4-2/h15-16,22H,3-14,17-21H2,1-2H3,(H,25,26)/b16-15+. The zero-order valence-corrected chi connectivity index (χ0v) is 18.4. The molecule has 0 aromatic rings. The van der Waals surface area contributed by atoms with E-state index in [1.807, 2.05) is 6.92 Å². The summed E-state index contributed by atoms with van der Waals surface area (Å²) in [4.78, 5) is 22.8. The number of carboxylic acid groups (broad SMARTS) is 1. The molecule has 0 fully saturated rings. The van der Waals surface area contributed by atoms with Crippen LogP contribution in [0.15, 0.2) is 12.2 Å². The summed E-state index contributed by atoms with van der Waals surface area (Å²) >= 11 is 0. The zero-order chi connectivity index (χ0) is 20.9. The topological polar surface area (TPSA) is 63.6 Å². The van der Waals surface area contributed by atoms with Crippen molar-refractivity contribution in [3.63, 3.8) is 0 Å². The molecule has 0 aliphatic rings. The predicted octanol–water partition coefficient (Wildman–Crippen LogP) is 7.07. The Morgan fingerprint density at radius 1 is 0.786 bits per heavy atom. The maximum atomic E-state index is 11.9. The van der Waals surface area contributed by atoms with Crippen molar-refractivity contribution in [1.29, 1.82) is 0 Å². The number of rotatable bonds is 20. The number of ether oxygens (including phenoxy) is 1. The quantitative estimate of drug-likeness (QED) is 0.136. The molecule has 0 spiro atoms. The number of aliphatic carboxylic acids is 1. The molecular formula is C24H44O4. The third-order valence-electron chi connectivity index (χ3n) is 5.02. The highest BCUT2D eigenvalue weighted by atomic mass is 16.5. The monoisotopic (exact) mass is 396 g/mol. The van der Waals surface area contributed by atoms with Crippen LogP contribution in [0.3, 0.4) is 0 Å². The summed E-state index contributed by atoms with van der Waals surface area (Å²) in [6.45, 7) is 4.56. The fourth-order valence-corrected chi connectivity index (χ4v) is 3.30. The lowest BCUT2D eigenvalue weighted by Crippen LogP contribution is -2.21. The molecular weight excluding hydrogens is 352 g/mol. The highest BCUT2D eigenvalue weighted by molar-refractivity contribution is 5.79. The fourth-order valence-electron chi connectivity index (χ4n) is 3.30. The second-order valence-electron chi connectivity index (χ2n) is 7.84. The molecule has 0 radical (unpaired) electrons. The summed E-state index contributed by atoms with van der Waals surface area (Å²) in [5.74, 6) is -1.81. The van der Waals surface area contributed by atoms with Gasteiger partial charge in [-0.3, -0.25) is 9.59 Å². The second kappa shape index (κ2) is 20.4. The number of esters is 1. The van der Waals surface area contributed by atoms with Crippen LogP contribution in [0.25, 0.3) is 0 Å². The van der Waals surface area contributed by atoms with Gasteiger partial charge in [-0.05, 0) is 38.5 Å². The molecule has 1 unspecified atom stereocenters. The van der Waals surface area contributed by atoms with Crippen molar-refractivity contribution in [2.24, 2.45) is 5.92 Å². The summed E-state index contributed by atoms with van der Waals surface area (Å²) < 4.78 is 5.11. The van der Waals surface area contributed by atoms with Gasteiger partial charge in [-0.1, -0.05) is 83.8 Å². The van der Waals surface area contributed by atoms with Crippen molar-refractivity contribution in [2.75, 3.05) is 6.61 Å². The zero-order valence-electron chi connectivity index (χ0n) is 18.4. The Bertz CT molecular complexity index is 403. The third kappa shape index (κ3) is 18.1. The van der Waals surface area contributed by atoms with E-state index in [9.17, 15) is 9.59 Å². The molecule has 1 atom stereocenters. The minimum absolute atomic E-state index is 0.134. The average molecular weight is 397 g/mol. The number of allylic oxidation sites excluding steroid dienone is 2. The van der Waals surface area contributed by atoms with E-state index >= 15 is 0 Å². The maximum absolute atomic E-state index is 11.9. The van der Waals surface area contributed by atoms with E-state index in [-0.39, 0.29) is 12.4 Å². The molecule has 0 aromatic carbocycles. The minimum Gasteiger partial charge on any atom is -0.481 e. The molecule has 164 valence electrons. The van der Waals surface area contributed by atoms with Crippen LogP contribution in [0, 0.1) is 5.92 Å². The van der Waals surface area contributed by atoms with Gasteiger partial charge in [0.15, 0.2) is 0 Å². The lowest BCUT2D eigenvalue weighted by molar-refractivity contribution is -0.153. The normalized spacial score (nSPS) is 12.4. The van der Waals surface area contributed by atoms with E-state index in [2.05, 4.69) is 19.1 Å². The van der Waals surface area contributed by atoms with Crippen molar-refractivity contribution < 1.29 is 19.4 Å². The van der Waals surface area contributed by atoms with Gasteiger partial charge in [0.05, 0.1) is 18.9 Å². The van der Waals surface area contributed by atoms with Crippen LogP contribution < -0.4 is 0 Å². The van der Waals surface area contributed by atoms with Gasteiger partial charge in [-0.15, -0.1) is 0 Å². The number of hydrogen-bond acceptors (Lipinski definition) is 3. The summed E-state index contributed by atoms with van der Waals surface area (Å²) in [5, 5.41) is 8.96. The Labute approximate surface area is 173 Å². The number of unbranched alkanes of at least 4 members (excludes halogenated alkanes) is 11. The van der Waals surface area contributed by atoms with Crippen LogP contribution >= 0.6 is 0 Å². The maximum Gasteiger partial charge on any atom is 0.309 e. The van der Waals surface area contributed by atoms with Gasteiger partial charge in [-0.25, -0.2) is 0 Å². The van der Waals surface area contributed by atoms with Gasteiger partial charge in [0, 0.05) is 0 Å². The van der Waals surface area contributed by atoms with Gasteiger partial charge in [0.2, 0.25) is 0 Å². The lowest BCUT2D eigenvalue weighted by atomic mass is 9.98. The van der Waals surface area contributed by atoms with E-state index in [4.69, 9.17) is 9.84 Å². The Hall–Kier alpha value is -1.32. The first-order valence-corrected chi connectivity index (χ1v) is 11.6. The van der Waals surface area contributed by atoms with Crippen LogP contribution in [0.5, 0.6) is 0 Å². The van der Waals surface area contributed by atoms with Gasteiger partial charge in [-0.2, -0.15) is 0 Å². The molecule has 0 bridgehead atoms. The van der Waals surface area contributed by atoms with E-state index in [1.165, 1.54) is 64.2 Å². The van der Waals surface area contributed by atoms with Gasteiger partial charge >= 0.3 is 11.9 Å². The molecule has 0 saturated heterocycles. The highest BCUT2D eigenvalue weighted by Crippen LogP contribution is 2.16. The molecule has 0 aliphatic carbocycles. The van der Waals surface area contributed by atoms with Crippen LogP contribution in [0.4, 0.5) is 0 Å². The van der Waals surface area contributed by atoms with E-state index in [0.29, 0.717) is 13.0 Å². The Balaban J connectivity index is 3.63. The predicted molar refractivity (Wildman–Crippen MR) is 116 cm³/mol. The fraction of sp³-hybridized carbons (Fsp3) is 0.833. The molecule has 0 amide bonds. The summed E-state index contributed by atoms with van der Waals surface area (Å²) in [5.41, 5.74) is 0. The van der Waals surface area contributed by atoms with E-state index < -0.39 is 11.9 Å². The molecule has 4 nitrogen and oxygen atoms in total. The SMILES string of the molecule is CCCCCCCCCCCC/C=C/CCCC(CC(=O)O)C(=O)OCCC. The molecule has 0 heterocycles. The molecule has 1 N–H and O–H groups in total. The van der Waals surface area contributed by atoms with Crippen LogP contribution in [-0.4, -0.2) is 23.7 Å². The number of carboxylic acids is 1. The molecule has 0 rings (SSSR count). The van der Waals surface area contributed by atoms with Crippen LogP contribution in [0.2, 0.25) is 0 Å². The van der Waals surface area contributed by atoms with Crippen molar-refractivity contribution in [1.82, 2.24) is 0 Å². The molecule has 28 heavy (non-hydrogen) atoms. The first kappa shape index (κ1) is 26.7. The van der Waals surface area contributed by atoms with Crippen molar-refractivity contribution in [2.45, 2.75) is 117 Å². The highest BCUT2D eigenvalue weighted by Gasteiger charge is 2.22. The van der Waals surface area contributed by atoms with Gasteiger partial charge in [0.25, 0.3) is 0 Å². The van der Waals surface area contributed by atoms with Crippen LogP contribution in [0.1, 0.15) is 117 Å². The Kier molecular flexibility index (Phi) is 19.5. The molecule has 4 heteroatoms. The van der Waals surface area contributed by atoms with Crippen molar-refractivity contribution in [3.8, 4) is 0 Å². The van der Waals surface area contributed by atoms with Gasteiger partial charge in [0.1, 0.15) is 0 Å². The van der Waals surface area contributed by atoms with E-state index in [0.717, 1.165) is 25.7 Å². The lowest BCUT2D eigenvalue weighted by Gasteiger charge is -2.13. The molecule has 0 aliphatic heterocycles. The van der Waals surface area contributed by atoms with Crippen molar-refractivity contribution in [3.05, 3.63) is 12.2 Å². The Morgan fingerprint density at radius 3 is 1.86 bits per heavy atom. The van der Waals surface area contributed by atoms with Gasteiger partial charge < -0.3 is 9.84 Å². The largest absolute Gasteiger partial charge is 0.481 e. The summed E-state index contributed by atoms with van der Waals surface area (Å²) in [7, 11) is 0. The first-order valence-electron chi connectivity index (χ1n) is 11.6. The molecule has 0 saturated carbocycles. The number of hydrogen-bond donors (Lipinski definition) is 1. The summed E-state index contributed by atoms with van der Waals surface area (Å²) in [6, 6.07) is 0. The first-order chi connectivity index (χ1) is 13.6. The number of carbonyl (C=O) groups is 2.